The Balaban J connectivity index is 1.60. The van der Waals surface area contributed by atoms with Crippen molar-refractivity contribution in [1.29, 1.82) is 0 Å². The van der Waals surface area contributed by atoms with Gasteiger partial charge in [-0.05, 0) is 43.5 Å². The van der Waals surface area contributed by atoms with E-state index in [2.05, 4.69) is 15.0 Å². The summed E-state index contributed by atoms with van der Waals surface area (Å²) in [5, 5.41) is 4.32. The van der Waals surface area contributed by atoms with E-state index < -0.39 is 6.36 Å². The first kappa shape index (κ1) is 17.1. The predicted octanol–water partition coefficient (Wildman–Crippen LogP) is 3.22. The molecule has 0 atom stereocenters. The lowest BCUT2D eigenvalue weighted by atomic mass is 10.1. The van der Waals surface area contributed by atoms with Crippen LogP contribution in [0.25, 0.3) is 0 Å². The van der Waals surface area contributed by atoms with Crippen LogP contribution in [0.4, 0.5) is 13.2 Å². The summed E-state index contributed by atoms with van der Waals surface area (Å²) in [7, 11) is 0. The van der Waals surface area contributed by atoms with E-state index in [1.165, 1.54) is 12.1 Å². The molecule has 0 aliphatic carbocycles. The highest BCUT2D eigenvalue weighted by Crippen LogP contribution is 2.23. The minimum Gasteiger partial charge on any atom is -0.406 e. The molecule has 1 aromatic carbocycles. The van der Waals surface area contributed by atoms with Crippen molar-refractivity contribution >= 4 is 0 Å². The number of unbranched alkanes of at least 4 members (excludes halogenated alkanes) is 2. The number of halogens is 3. The van der Waals surface area contributed by atoms with Crippen LogP contribution in [-0.2, 0) is 6.42 Å². The topological polar surface area (TPSA) is 26.6 Å². The van der Waals surface area contributed by atoms with E-state index in [1.807, 2.05) is 0 Å². The summed E-state index contributed by atoms with van der Waals surface area (Å²) in [5.41, 5.74) is 1.05. The van der Waals surface area contributed by atoms with Crippen LogP contribution in [0.1, 0.15) is 24.8 Å². The fourth-order valence-corrected chi connectivity index (χ4v) is 2.57. The molecule has 0 N–H and O–H groups in total. The number of hydrogen-bond donors (Lipinski definition) is 0. The molecule has 3 nitrogen and oxygen atoms in total. The molecule has 1 heterocycles. The first-order chi connectivity index (χ1) is 10.5. The molecule has 0 amide bonds. The Bertz CT molecular complexity index is 428. The quantitative estimate of drug-likeness (QED) is 0.722. The van der Waals surface area contributed by atoms with Crippen molar-refractivity contribution in [2.75, 3.05) is 32.7 Å². The van der Waals surface area contributed by atoms with Gasteiger partial charge in [-0.3, -0.25) is 0 Å². The van der Waals surface area contributed by atoms with Gasteiger partial charge in [0.1, 0.15) is 5.75 Å². The summed E-state index contributed by atoms with van der Waals surface area (Å²) in [6.45, 7) is 5.16. The highest BCUT2D eigenvalue weighted by molar-refractivity contribution is 5.27. The zero-order chi connectivity index (χ0) is 15.8. The largest absolute Gasteiger partial charge is 0.573 e. The minimum absolute atomic E-state index is 0.160. The van der Waals surface area contributed by atoms with Gasteiger partial charge in [-0.1, -0.05) is 18.6 Å². The van der Waals surface area contributed by atoms with Gasteiger partial charge in [0.25, 0.3) is 0 Å². The summed E-state index contributed by atoms with van der Waals surface area (Å²) >= 11 is 0. The molecule has 1 aromatic rings. The number of piperazine rings is 1. The highest BCUT2D eigenvalue weighted by atomic mass is 19.4. The molecule has 0 saturated carbocycles. The van der Waals surface area contributed by atoms with Crippen LogP contribution in [0.3, 0.4) is 0 Å². The summed E-state index contributed by atoms with van der Waals surface area (Å²) in [4.78, 5) is 2.44. The lowest BCUT2D eigenvalue weighted by Gasteiger charge is -2.26. The SMILES string of the molecule is FC(F)(F)Oc1ccc(CCCCCN2CC[N]CC2)cc1. The molecule has 1 aliphatic heterocycles. The van der Waals surface area contributed by atoms with Gasteiger partial charge >= 0.3 is 6.36 Å². The normalized spacial score (nSPS) is 16.7. The number of hydrogen-bond acceptors (Lipinski definition) is 2. The minimum atomic E-state index is -4.62. The standard InChI is InChI=1S/C16H22F3N2O/c17-16(18,19)22-15-7-5-14(6-8-15)4-2-1-3-11-21-12-9-20-10-13-21/h5-8H,1-4,9-13H2. The molecular weight excluding hydrogens is 293 g/mol. The average molecular weight is 315 g/mol. The summed E-state index contributed by atoms with van der Waals surface area (Å²) in [6.07, 6.45) is -0.383. The van der Waals surface area contributed by atoms with Crippen molar-refractivity contribution in [2.45, 2.75) is 32.0 Å². The number of rotatable bonds is 7. The van der Waals surface area contributed by atoms with Crippen LogP contribution < -0.4 is 10.1 Å². The number of nitrogens with zero attached hydrogens (tertiary/aromatic N) is 2. The van der Waals surface area contributed by atoms with E-state index in [9.17, 15) is 13.2 Å². The molecule has 6 heteroatoms. The average Bonchev–Trinajstić information content (AvgIpc) is 2.48. The maximum Gasteiger partial charge on any atom is 0.573 e. The molecule has 1 fully saturated rings. The molecule has 1 aliphatic rings. The fourth-order valence-electron chi connectivity index (χ4n) is 2.57. The molecule has 0 aromatic heterocycles. The van der Waals surface area contributed by atoms with E-state index in [0.29, 0.717) is 0 Å². The van der Waals surface area contributed by atoms with Gasteiger partial charge in [0.05, 0.1) is 0 Å². The number of ether oxygens (including phenoxy) is 1. The number of aryl methyl sites for hydroxylation is 1. The van der Waals surface area contributed by atoms with Gasteiger partial charge < -0.3 is 9.64 Å². The van der Waals surface area contributed by atoms with Gasteiger partial charge in [-0.25, -0.2) is 5.32 Å². The van der Waals surface area contributed by atoms with Crippen LogP contribution in [0, 0.1) is 0 Å². The third-order valence-electron chi connectivity index (χ3n) is 3.75. The van der Waals surface area contributed by atoms with Crippen molar-refractivity contribution in [2.24, 2.45) is 0 Å². The maximum atomic E-state index is 12.1. The van der Waals surface area contributed by atoms with Gasteiger partial charge in [0, 0.05) is 26.2 Å². The molecule has 22 heavy (non-hydrogen) atoms. The Hall–Kier alpha value is -1.27. The van der Waals surface area contributed by atoms with Crippen molar-refractivity contribution in [3.63, 3.8) is 0 Å². The second-order valence-electron chi connectivity index (χ2n) is 5.51. The zero-order valence-electron chi connectivity index (χ0n) is 12.6. The van der Waals surface area contributed by atoms with E-state index in [0.717, 1.165) is 64.0 Å². The smallest absolute Gasteiger partial charge is 0.406 e. The first-order valence-corrected chi connectivity index (χ1v) is 7.73. The molecule has 2 rings (SSSR count). The second-order valence-corrected chi connectivity index (χ2v) is 5.51. The van der Waals surface area contributed by atoms with Crippen molar-refractivity contribution in [3.8, 4) is 5.75 Å². The van der Waals surface area contributed by atoms with Gasteiger partial charge in [0.2, 0.25) is 0 Å². The molecule has 0 unspecified atom stereocenters. The van der Waals surface area contributed by atoms with Crippen molar-refractivity contribution in [1.82, 2.24) is 10.2 Å². The van der Waals surface area contributed by atoms with E-state index >= 15 is 0 Å². The second kappa shape index (κ2) is 8.39. The Morgan fingerprint density at radius 2 is 1.68 bits per heavy atom. The van der Waals surface area contributed by atoms with Gasteiger partial charge in [-0.2, -0.15) is 0 Å². The van der Waals surface area contributed by atoms with Crippen molar-refractivity contribution in [3.05, 3.63) is 29.8 Å². The molecule has 1 radical (unpaired) electrons. The van der Waals surface area contributed by atoms with Crippen molar-refractivity contribution < 1.29 is 17.9 Å². The first-order valence-electron chi connectivity index (χ1n) is 7.73. The molecule has 0 bridgehead atoms. The molecule has 1 saturated heterocycles. The van der Waals surface area contributed by atoms with Gasteiger partial charge in [-0.15, -0.1) is 13.2 Å². The Morgan fingerprint density at radius 1 is 1.00 bits per heavy atom. The Labute approximate surface area is 129 Å². The van der Waals surface area contributed by atoms with E-state index in [-0.39, 0.29) is 5.75 Å². The summed E-state index contributed by atoms with van der Waals surface area (Å²) in [5.74, 6) is -0.160. The highest BCUT2D eigenvalue weighted by Gasteiger charge is 2.30. The summed E-state index contributed by atoms with van der Waals surface area (Å²) < 4.78 is 40.0. The Morgan fingerprint density at radius 3 is 2.32 bits per heavy atom. The number of benzene rings is 1. The fraction of sp³-hybridized carbons (Fsp3) is 0.625. The monoisotopic (exact) mass is 315 g/mol. The lowest BCUT2D eigenvalue weighted by molar-refractivity contribution is -0.274. The van der Waals surface area contributed by atoms with Crippen LogP contribution in [0.5, 0.6) is 5.75 Å². The maximum absolute atomic E-state index is 12.1. The van der Waals surface area contributed by atoms with E-state index in [1.54, 1.807) is 12.1 Å². The lowest BCUT2D eigenvalue weighted by Crippen LogP contribution is -2.40. The molecule has 123 valence electrons. The third-order valence-corrected chi connectivity index (χ3v) is 3.75. The third kappa shape index (κ3) is 6.66. The van der Waals surface area contributed by atoms with Crippen LogP contribution in [-0.4, -0.2) is 44.0 Å². The van der Waals surface area contributed by atoms with E-state index in [4.69, 9.17) is 0 Å². The molecular formula is C16H22F3N2O. The Kier molecular flexibility index (Phi) is 6.51. The number of alkyl halides is 3. The van der Waals surface area contributed by atoms with Crippen LogP contribution in [0.15, 0.2) is 24.3 Å². The zero-order valence-corrected chi connectivity index (χ0v) is 12.6. The van der Waals surface area contributed by atoms with Crippen LogP contribution >= 0.6 is 0 Å². The molecule has 0 spiro atoms. The predicted molar refractivity (Wildman–Crippen MR) is 79.0 cm³/mol. The summed E-state index contributed by atoms with van der Waals surface area (Å²) in [6, 6.07) is 6.15. The van der Waals surface area contributed by atoms with Gasteiger partial charge in [0.15, 0.2) is 0 Å². The van der Waals surface area contributed by atoms with Crippen LogP contribution in [0.2, 0.25) is 0 Å².